The monoisotopic (exact) mass is 475 g/mol. The minimum absolute atomic E-state index is 0.0992. The summed E-state index contributed by atoms with van der Waals surface area (Å²) in [5, 5.41) is 34.1. The van der Waals surface area contributed by atoms with Crippen LogP contribution < -0.4 is 22.1 Å². The number of aliphatic hydroxyl groups excluding tert-OH is 2. The number of aliphatic imine (C=N–C) groups is 1. The number of hydrogen-bond acceptors (Lipinski definition) is 9. The molecule has 14 heteroatoms. The predicted molar refractivity (Wildman–Crippen MR) is 115 cm³/mol. The molecule has 1 aliphatic heterocycles. The molecule has 1 heterocycles. The summed E-state index contributed by atoms with van der Waals surface area (Å²) in [5.74, 6) is -3.04. The highest BCUT2D eigenvalue weighted by atomic mass is 16.6. The number of carboxylic acids is 1. The van der Waals surface area contributed by atoms with Gasteiger partial charge >= 0.3 is 12.1 Å². The van der Waals surface area contributed by atoms with Crippen LogP contribution in [-0.2, 0) is 23.8 Å². The van der Waals surface area contributed by atoms with E-state index in [2.05, 4.69) is 15.6 Å². The molecule has 5 atom stereocenters. The Morgan fingerprint density at radius 1 is 1.30 bits per heavy atom. The number of nitrogens with zero attached hydrogens (tertiary/aromatic N) is 1. The lowest BCUT2D eigenvalue weighted by atomic mass is 9.92. The van der Waals surface area contributed by atoms with Gasteiger partial charge in [-0.15, -0.1) is 0 Å². The van der Waals surface area contributed by atoms with E-state index in [1.165, 1.54) is 6.92 Å². The maximum atomic E-state index is 12.3. The minimum atomic E-state index is -1.69. The van der Waals surface area contributed by atoms with Crippen LogP contribution in [0.3, 0.4) is 0 Å². The summed E-state index contributed by atoms with van der Waals surface area (Å²) < 4.78 is 16.0. The Morgan fingerprint density at radius 2 is 2.00 bits per heavy atom. The van der Waals surface area contributed by atoms with Crippen molar-refractivity contribution in [3.05, 3.63) is 11.8 Å². The maximum absolute atomic E-state index is 12.3. The van der Waals surface area contributed by atoms with Crippen molar-refractivity contribution in [3.63, 3.8) is 0 Å². The number of aliphatic hydroxyl groups is 2. The highest BCUT2D eigenvalue weighted by Crippen LogP contribution is 2.26. The fourth-order valence-electron chi connectivity index (χ4n) is 3.00. The zero-order valence-electron chi connectivity index (χ0n) is 18.6. The lowest BCUT2D eigenvalue weighted by molar-refractivity contribution is -0.146. The van der Waals surface area contributed by atoms with E-state index in [1.54, 1.807) is 0 Å². The van der Waals surface area contributed by atoms with Crippen molar-refractivity contribution in [2.75, 3.05) is 26.4 Å². The van der Waals surface area contributed by atoms with Gasteiger partial charge in [0.05, 0.1) is 25.3 Å². The molecular formula is C19H33N5O9. The number of carboxylic acid groups (broad SMARTS) is 1. The molecule has 0 fully saturated rings. The Balaban J connectivity index is 3.11. The van der Waals surface area contributed by atoms with Crippen molar-refractivity contribution in [3.8, 4) is 0 Å². The quantitative estimate of drug-likeness (QED) is 0.0855. The van der Waals surface area contributed by atoms with E-state index in [-0.39, 0.29) is 13.2 Å². The lowest BCUT2D eigenvalue weighted by Crippen LogP contribution is -2.61. The van der Waals surface area contributed by atoms with Crippen molar-refractivity contribution in [2.45, 2.75) is 57.1 Å². The second-order valence-electron chi connectivity index (χ2n) is 7.20. The van der Waals surface area contributed by atoms with Crippen LogP contribution in [0.15, 0.2) is 16.8 Å². The van der Waals surface area contributed by atoms with Crippen LogP contribution in [0.2, 0.25) is 0 Å². The SMILES string of the molecule is CCCCOCCNC(=O)O[C@@H]([C@@H]1OC(C(=O)O)=C[C@H](N=C(N)N)[C@H]1NC(C)=O)[C@H](O)CO. The number of carbonyl (C=O) groups excluding carboxylic acids is 2. The van der Waals surface area contributed by atoms with E-state index in [1.807, 2.05) is 6.92 Å². The smallest absolute Gasteiger partial charge is 0.407 e. The fourth-order valence-corrected chi connectivity index (χ4v) is 3.00. The second-order valence-corrected chi connectivity index (χ2v) is 7.20. The molecule has 0 saturated heterocycles. The van der Waals surface area contributed by atoms with Crippen molar-refractivity contribution in [2.24, 2.45) is 16.5 Å². The van der Waals surface area contributed by atoms with Crippen molar-refractivity contribution in [1.29, 1.82) is 0 Å². The van der Waals surface area contributed by atoms with Gasteiger partial charge in [-0.05, 0) is 12.5 Å². The highest BCUT2D eigenvalue weighted by Gasteiger charge is 2.46. The summed E-state index contributed by atoms with van der Waals surface area (Å²) in [4.78, 5) is 39.5. The summed E-state index contributed by atoms with van der Waals surface area (Å²) in [7, 11) is 0. The Labute approximate surface area is 190 Å². The Kier molecular flexibility index (Phi) is 12.0. The standard InChI is InChI=1S/C19H33N5O9/c1-3-4-6-31-7-5-22-19(30)33-15(12(27)9-25)16-14(23-10(2)26)11(24-18(20)21)8-13(32-16)17(28)29/h8,11-12,14-16,25,27H,3-7,9H2,1-2H3,(H,22,30)(H,23,26)(H,28,29)(H4,20,21,24)/t11-,12+,14+,15+,16+/m0/s1. The maximum Gasteiger partial charge on any atom is 0.407 e. The number of nitrogens with one attached hydrogen (secondary N) is 2. The molecule has 14 nitrogen and oxygen atoms in total. The predicted octanol–water partition coefficient (Wildman–Crippen LogP) is -2.23. The first-order chi connectivity index (χ1) is 15.6. The summed E-state index contributed by atoms with van der Waals surface area (Å²) in [6.45, 7) is 3.18. The molecule has 0 unspecified atom stereocenters. The molecule has 0 aromatic rings. The van der Waals surface area contributed by atoms with Gasteiger partial charge in [0.25, 0.3) is 0 Å². The topological polar surface area (TPSA) is 228 Å². The van der Waals surface area contributed by atoms with E-state index in [4.69, 9.17) is 25.7 Å². The normalized spacial score (nSPS) is 21.6. The number of aliphatic carboxylic acids is 1. The molecule has 1 aliphatic rings. The fraction of sp³-hybridized carbons (Fsp3) is 0.684. The first-order valence-corrected chi connectivity index (χ1v) is 10.4. The third kappa shape index (κ3) is 9.51. The van der Waals surface area contributed by atoms with E-state index in [0.29, 0.717) is 6.61 Å². The van der Waals surface area contributed by atoms with Crippen LogP contribution in [0, 0.1) is 0 Å². The van der Waals surface area contributed by atoms with Crippen molar-refractivity contribution < 1.29 is 43.9 Å². The third-order valence-electron chi connectivity index (χ3n) is 4.48. The van der Waals surface area contributed by atoms with E-state index < -0.39 is 66.7 Å². The number of ether oxygens (including phenoxy) is 3. The van der Waals surface area contributed by atoms with Gasteiger partial charge in [0.15, 0.2) is 18.2 Å². The summed E-state index contributed by atoms with van der Waals surface area (Å²) in [6, 6.07) is -2.28. The first-order valence-electron chi connectivity index (χ1n) is 10.4. The number of hydrogen-bond donors (Lipinski definition) is 7. The number of carbonyl (C=O) groups is 3. The molecular weight excluding hydrogens is 442 g/mol. The summed E-state index contributed by atoms with van der Waals surface area (Å²) >= 11 is 0. The molecule has 2 amide bonds. The lowest BCUT2D eigenvalue weighted by Gasteiger charge is -2.39. The van der Waals surface area contributed by atoms with Crippen LogP contribution in [0.25, 0.3) is 0 Å². The molecule has 0 saturated carbocycles. The van der Waals surface area contributed by atoms with Gasteiger partial charge in [0.1, 0.15) is 6.10 Å². The van der Waals surface area contributed by atoms with Gasteiger partial charge < -0.3 is 51.6 Å². The molecule has 0 aromatic heterocycles. The van der Waals surface area contributed by atoms with E-state index in [9.17, 15) is 29.7 Å². The largest absolute Gasteiger partial charge is 0.477 e. The van der Waals surface area contributed by atoms with Gasteiger partial charge in [-0.1, -0.05) is 13.3 Å². The van der Waals surface area contributed by atoms with Crippen LogP contribution >= 0.6 is 0 Å². The number of nitrogens with two attached hydrogens (primary N) is 2. The molecule has 188 valence electrons. The molecule has 1 rings (SSSR count). The molecule has 9 N–H and O–H groups in total. The van der Waals surface area contributed by atoms with Crippen LogP contribution in [-0.4, -0.2) is 96.0 Å². The average Bonchev–Trinajstić information content (AvgIpc) is 2.74. The first kappa shape index (κ1) is 27.9. The number of unbranched alkanes of at least 4 members (excludes halogenated alkanes) is 1. The van der Waals surface area contributed by atoms with Crippen molar-refractivity contribution >= 4 is 23.9 Å². The van der Waals surface area contributed by atoms with E-state index >= 15 is 0 Å². The minimum Gasteiger partial charge on any atom is -0.477 e. The van der Waals surface area contributed by atoms with Gasteiger partial charge in [0.2, 0.25) is 11.7 Å². The Morgan fingerprint density at radius 3 is 2.55 bits per heavy atom. The Hall–Kier alpha value is -3.10. The third-order valence-corrected chi connectivity index (χ3v) is 4.48. The summed E-state index contributed by atoms with van der Waals surface area (Å²) in [5.41, 5.74) is 10.9. The Bertz CT molecular complexity index is 726. The number of amides is 2. The molecule has 0 bridgehead atoms. The molecule has 0 aliphatic carbocycles. The van der Waals surface area contributed by atoms with Crippen LogP contribution in [0.5, 0.6) is 0 Å². The molecule has 33 heavy (non-hydrogen) atoms. The van der Waals surface area contributed by atoms with Gasteiger partial charge in [-0.25, -0.2) is 14.6 Å². The van der Waals surface area contributed by atoms with Crippen LogP contribution in [0.4, 0.5) is 4.79 Å². The molecule has 0 radical (unpaired) electrons. The zero-order chi connectivity index (χ0) is 25.0. The van der Waals surface area contributed by atoms with Gasteiger partial charge in [-0.2, -0.15) is 0 Å². The van der Waals surface area contributed by atoms with Gasteiger partial charge in [-0.3, -0.25) is 4.79 Å². The highest BCUT2D eigenvalue weighted by molar-refractivity contribution is 5.85. The molecule has 0 spiro atoms. The van der Waals surface area contributed by atoms with Crippen LogP contribution in [0.1, 0.15) is 26.7 Å². The zero-order valence-corrected chi connectivity index (χ0v) is 18.6. The number of alkyl carbamates (subject to hydrolysis) is 1. The van der Waals surface area contributed by atoms with Crippen molar-refractivity contribution in [1.82, 2.24) is 10.6 Å². The summed E-state index contributed by atoms with van der Waals surface area (Å²) in [6.07, 6.45) is -2.85. The number of rotatable bonds is 13. The molecule has 0 aromatic carbocycles. The van der Waals surface area contributed by atoms with E-state index in [0.717, 1.165) is 18.9 Å². The second kappa shape index (κ2) is 14.1. The number of guanidine groups is 1. The average molecular weight is 475 g/mol. The van der Waals surface area contributed by atoms with Gasteiger partial charge in [0, 0.05) is 20.1 Å².